The number of nitrogens with one attached hydrogen (secondary N) is 1. The molecular formula is C14H17F2NO3. The molecule has 1 atom stereocenters. The van der Waals surface area contributed by atoms with E-state index in [0.717, 1.165) is 12.1 Å². The van der Waals surface area contributed by atoms with Crippen LogP contribution in [0.15, 0.2) is 18.2 Å². The molecule has 0 aliphatic heterocycles. The second-order valence-electron chi connectivity index (χ2n) is 4.69. The number of carbonyl (C=O) groups excluding carboxylic acids is 2. The van der Waals surface area contributed by atoms with Gasteiger partial charge < -0.3 is 10.1 Å². The van der Waals surface area contributed by atoms with Gasteiger partial charge in [-0.15, -0.1) is 0 Å². The van der Waals surface area contributed by atoms with Crippen LogP contribution in [0.25, 0.3) is 0 Å². The Bertz CT molecular complexity index is 499. The van der Waals surface area contributed by atoms with E-state index in [1.54, 1.807) is 0 Å². The van der Waals surface area contributed by atoms with Gasteiger partial charge in [0.05, 0.1) is 7.11 Å². The molecule has 110 valence electrons. The number of hydrogen-bond donors (Lipinski definition) is 1. The van der Waals surface area contributed by atoms with Crippen LogP contribution in [0.5, 0.6) is 0 Å². The van der Waals surface area contributed by atoms with Crippen LogP contribution in [-0.4, -0.2) is 24.5 Å². The summed E-state index contributed by atoms with van der Waals surface area (Å²) in [7, 11) is 1.21. The van der Waals surface area contributed by atoms with E-state index < -0.39 is 29.0 Å². The maximum Gasteiger partial charge on any atom is 0.331 e. The van der Waals surface area contributed by atoms with Gasteiger partial charge in [0.15, 0.2) is 0 Å². The summed E-state index contributed by atoms with van der Waals surface area (Å²) in [6.07, 6.45) is 0.979. The summed E-state index contributed by atoms with van der Waals surface area (Å²) in [5.41, 5.74) is -1.42. The molecule has 1 aromatic rings. The molecule has 0 radical (unpaired) electrons. The van der Waals surface area contributed by atoms with Crippen LogP contribution < -0.4 is 5.32 Å². The predicted octanol–water partition coefficient (Wildman–Crippen LogP) is 2.43. The number of carbonyl (C=O) groups is 2. The third-order valence-electron chi connectivity index (χ3n) is 2.90. The topological polar surface area (TPSA) is 55.4 Å². The first-order chi connectivity index (χ1) is 9.32. The minimum atomic E-state index is -1.23. The third kappa shape index (κ3) is 3.76. The number of methoxy groups -OCH3 is 1. The maximum atomic E-state index is 13.1. The van der Waals surface area contributed by atoms with Crippen LogP contribution in [0.4, 0.5) is 8.78 Å². The Balaban J connectivity index is 2.99. The number of rotatable bonds is 5. The Kier molecular flexibility index (Phi) is 5.19. The van der Waals surface area contributed by atoms with Crippen molar-refractivity contribution in [2.75, 3.05) is 7.11 Å². The fourth-order valence-electron chi connectivity index (χ4n) is 1.95. The van der Waals surface area contributed by atoms with Gasteiger partial charge in [-0.05, 0) is 25.5 Å². The van der Waals surface area contributed by atoms with Gasteiger partial charge in [-0.25, -0.2) is 13.6 Å². The van der Waals surface area contributed by atoms with E-state index >= 15 is 0 Å². The molecule has 0 bridgehead atoms. The first-order valence-corrected chi connectivity index (χ1v) is 6.19. The molecule has 0 aromatic heterocycles. The maximum absolute atomic E-state index is 13.1. The van der Waals surface area contributed by atoms with Crippen molar-refractivity contribution in [1.82, 2.24) is 5.32 Å². The number of esters is 1. The molecule has 1 unspecified atom stereocenters. The van der Waals surface area contributed by atoms with Crippen molar-refractivity contribution in [3.05, 3.63) is 35.4 Å². The van der Waals surface area contributed by atoms with Crippen molar-refractivity contribution in [3.63, 3.8) is 0 Å². The van der Waals surface area contributed by atoms with Crippen molar-refractivity contribution < 1.29 is 23.1 Å². The fraction of sp³-hybridized carbons (Fsp3) is 0.429. The quantitative estimate of drug-likeness (QED) is 0.845. The lowest BCUT2D eigenvalue weighted by atomic mass is 9.95. The zero-order chi connectivity index (χ0) is 15.3. The van der Waals surface area contributed by atoms with Crippen LogP contribution in [-0.2, 0) is 9.53 Å². The lowest BCUT2D eigenvalue weighted by Gasteiger charge is -2.27. The zero-order valence-electron chi connectivity index (χ0n) is 11.6. The van der Waals surface area contributed by atoms with Crippen LogP contribution >= 0.6 is 0 Å². The summed E-state index contributed by atoms with van der Waals surface area (Å²) >= 11 is 0. The monoisotopic (exact) mass is 285 g/mol. The first-order valence-electron chi connectivity index (χ1n) is 6.19. The Morgan fingerprint density at radius 3 is 2.25 bits per heavy atom. The number of hydrogen-bond acceptors (Lipinski definition) is 3. The molecule has 0 saturated carbocycles. The van der Waals surface area contributed by atoms with Gasteiger partial charge in [-0.3, -0.25) is 4.79 Å². The number of amides is 1. The Morgan fingerprint density at radius 1 is 1.25 bits per heavy atom. The summed E-state index contributed by atoms with van der Waals surface area (Å²) in [5, 5.41) is 2.47. The molecule has 20 heavy (non-hydrogen) atoms. The molecule has 0 saturated heterocycles. The minimum Gasteiger partial charge on any atom is -0.467 e. The molecule has 4 nitrogen and oxygen atoms in total. The molecule has 0 aliphatic rings. The third-order valence-corrected chi connectivity index (χ3v) is 2.90. The van der Waals surface area contributed by atoms with E-state index in [9.17, 15) is 18.4 Å². The molecule has 1 N–H and O–H groups in total. The van der Waals surface area contributed by atoms with Crippen LogP contribution in [0.2, 0.25) is 0 Å². The van der Waals surface area contributed by atoms with E-state index in [4.69, 9.17) is 0 Å². The molecule has 0 aliphatic carbocycles. The van der Waals surface area contributed by atoms with E-state index in [0.29, 0.717) is 18.9 Å². The highest BCUT2D eigenvalue weighted by Crippen LogP contribution is 2.16. The SMILES string of the molecule is CCCC(C)(NC(=O)c1cc(F)cc(F)c1)C(=O)OC. The molecule has 0 heterocycles. The lowest BCUT2D eigenvalue weighted by molar-refractivity contribution is -0.147. The van der Waals surface area contributed by atoms with Gasteiger partial charge in [0.1, 0.15) is 17.2 Å². The van der Waals surface area contributed by atoms with Gasteiger partial charge in [0, 0.05) is 11.6 Å². The van der Waals surface area contributed by atoms with Crippen molar-refractivity contribution >= 4 is 11.9 Å². The van der Waals surface area contributed by atoms with Gasteiger partial charge in [0.25, 0.3) is 5.91 Å². The van der Waals surface area contributed by atoms with Crippen LogP contribution in [0.3, 0.4) is 0 Å². The summed E-state index contributed by atoms with van der Waals surface area (Å²) in [4.78, 5) is 23.7. The standard InChI is InChI=1S/C14H17F2NO3/c1-4-5-14(2,13(19)20-3)17-12(18)9-6-10(15)8-11(16)7-9/h6-8H,4-5H2,1-3H3,(H,17,18). The van der Waals surface area contributed by atoms with Crippen molar-refractivity contribution in [2.45, 2.75) is 32.2 Å². The highest BCUT2D eigenvalue weighted by atomic mass is 19.1. The van der Waals surface area contributed by atoms with Crippen molar-refractivity contribution in [1.29, 1.82) is 0 Å². The van der Waals surface area contributed by atoms with E-state index in [2.05, 4.69) is 10.1 Å². The second kappa shape index (κ2) is 6.45. The molecule has 1 aromatic carbocycles. The molecule has 1 rings (SSSR count). The molecule has 6 heteroatoms. The Labute approximate surface area is 116 Å². The largest absolute Gasteiger partial charge is 0.467 e. The molecule has 0 fully saturated rings. The van der Waals surface area contributed by atoms with E-state index in [-0.39, 0.29) is 5.56 Å². The van der Waals surface area contributed by atoms with Gasteiger partial charge in [0.2, 0.25) is 0 Å². The van der Waals surface area contributed by atoms with Gasteiger partial charge >= 0.3 is 5.97 Å². The second-order valence-corrected chi connectivity index (χ2v) is 4.69. The molecule has 0 spiro atoms. The average molecular weight is 285 g/mol. The zero-order valence-corrected chi connectivity index (χ0v) is 11.6. The number of halogens is 2. The van der Waals surface area contributed by atoms with Crippen molar-refractivity contribution in [3.8, 4) is 0 Å². The number of benzene rings is 1. The summed E-state index contributed by atoms with van der Waals surface area (Å²) in [6, 6.07) is 2.48. The average Bonchev–Trinajstić information content (AvgIpc) is 2.36. The first kappa shape index (κ1) is 16.1. The van der Waals surface area contributed by atoms with Gasteiger partial charge in [-0.1, -0.05) is 13.3 Å². The highest BCUT2D eigenvalue weighted by Gasteiger charge is 2.35. The molecular weight excluding hydrogens is 268 g/mol. The Hall–Kier alpha value is -1.98. The molecule has 1 amide bonds. The lowest BCUT2D eigenvalue weighted by Crippen LogP contribution is -2.52. The van der Waals surface area contributed by atoms with Gasteiger partial charge in [-0.2, -0.15) is 0 Å². The predicted molar refractivity (Wildman–Crippen MR) is 69.2 cm³/mol. The summed E-state index contributed by atoms with van der Waals surface area (Å²) < 4.78 is 30.8. The van der Waals surface area contributed by atoms with Crippen molar-refractivity contribution in [2.24, 2.45) is 0 Å². The highest BCUT2D eigenvalue weighted by molar-refractivity contribution is 5.98. The normalized spacial score (nSPS) is 13.4. The Morgan fingerprint density at radius 2 is 1.80 bits per heavy atom. The van der Waals surface area contributed by atoms with Crippen LogP contribution in [0.1, 0.15) is 37.0 Å². The summed E-state index contributed by atoms with van der Waals surface area (Å²) in [6.45, 7) is 3.35. The summed E-state index contributed by atoms with van der Waals surface area (Å²) in [5.74, 6) is -3.05. The smallest absolute Gasteiger partial charge is 0.331 e. The van der Waals surface area contributed by atoms with Crippen LogP contribution in [0, 0.1) is 11.6 Å². The number of ether oxygens (including phenoxy) is 1. The fourth-order valence-corrected chi connectivity index (χ4v) is 1.95. The van der Waals surface area contributed by atoms with E-state index in [1.807, 2.05) is 6.92 Å². The minimum absolute atomic E-state index is 0.186. The van der Waals surface area contributed by atoms with E-state index in [1.165, 1.54) is 14.0 Å².